The summed E-state index contributed by atoms with van der Waals surface area (Å²) >= 11 is 3.77. The van der Waals surface area contributed by atoms with Crippen molar-refractivity contribution in [2.45, 2.75) is 50.7 Å². The van der Waals surface area contributed by atoms with Crippen LogP contribution in [0.5, 0.6) is 0 Å². The van der Waals surface area contributed by atoms with Gasteiger partial charge in [-0.1, -0.05) is 6.07 Å². The number of nitrogens with two attached hydrogens (primary N) is 1. The zero-order valence-corrected chi connectivity index (χ0v) is 14.6. The molecule has 0 aliphatic carbocycles. The second kappa shape index (κ2) is 6.27. The highest BCUT2D eigenvalue weighted by molar-refractivity contribution is 9.10. The number of benzene rings is 1. The van der Waals surface area contributed by atoms with E-state index in [0.717, 1.165) is 25.6 Å². The Labute approximate surface area is 136 Å². The van der Waals surface area contributed by atoms with E-state index in [1.807, 2.05) is 0 Å². The van der Waals surface area contributed by atoms with Crippen molar-refractivity contribution in [2.75, 3.05) is 25.0 Å². The first-order chi connectivity index (χ1) is 10.0. The standard InChI is InChI=1S/C17H26BrN3/c1-12(19)9-13-3-6-17(16(18)10-13)21-8-7-14-4-5-15(11-21)20(14)2/h3,6,10,12,14-15H,4-5,7-9,11,19H2,1-2H3. The molecular weight excluding hydrogens is 326 g/mol. The molecule has 1 aromatic carbocycles. The molecule has 0 amide bonds. The summed E-state index contributed by atoms with van der Waals surface area (Å²) in [5, 5.41) is 0. The maximum absolute atomic E-state index is 5.90. The molecule has 2 saturated heterocycles. The predicted molar refractivity (Wildman–Crippen MR) is 92.9 cm³/mol. The van der Waals surface area contributed by atoms with Gasteiger partial charge in [-0.15, -0.1) is 0 Å². The van der Waals surface area contributed by atoms with Gasteiger partial charge in [0.2, 0.25) is 0 Å². The third-order valence-electron chi connectivity index (χ3n) is 5.06. The molecule has 3 nitrogen and oxygen atoms in total. The molecule has 2 N–H and O–H groups in total. The van der Waals surface area contributed by atoms with Crippen LogP contribution in [0, 0.1) is 0 Å². The van der Waals surface area contributed by atoms with Gasteiger partial charge in [0.25, 0.3) is 0 Å². The monoisotopic (exact) mass is 351 g/mol. The van der Waals surface area contributed by atoms with Crippen LogP contribution >= 0.6 is 15.9 Å². The van der Waals surface area contributed by atoms with E-state index >= 15 is 0 Å². The quantitative estimate of drug-likeness (QED) is 0.908. The summed E-state index contributed by atoms with van der Waals surface area (Å²) in [6, 6.07) is 8.46. The fourth-order valence-electron chi connectivity index (χ4n) is 3.83. The summed E-state index contributed by atoms with van der Waals surface area (Å²) in [6.45, 7) is 4.37. The van der Waals surface area contributed by atoms with Crippen LogP contribution in [0.25, 0.3) is 0 Å². The third kappa shape index (κ3) is 3.27. The van der Waals surface area contributed by atoms with E-state index in [2.05, 4.69) is 57.9 Å². The Balaban J connectivity index is 1.77. The Kier molecular flexibility index (Phi) is 4.57. The van der Waals surface area contributed by atoms with Crippen molar-refractivity contribution in [1.29, 1.82) is 0 Å². The van der Waals surface area contributed by atoms with Crippen LogP contribution in [-0.4, -0.2) is 43.2 Å². The van der Waals surface area contributed by atoms with E-state index in [0.29, 0.717) is 6.04 Å². The minimum absolute atomic E-state index is 0.213. The predicted octanol–water partition coefficient (Wildman–Crippen LogP) is 3.01. The van der Waals surface area contributed by atoms with Gasteiger partial charge in [0.15, 0.2) is 0 Å². The van der Waals surface area contributed by atoms with Crippen molar-refractivity contribution in [3.05, 3.63) is 28.2 Å². The van der Waals surface area contributed by atoms with Gasteiger partial charge in [-0.3, -0.25) is 4.90 Å². The number of halogens is 1. The molecule has 0 aromatic heterocycles. The van der Waals surface area contributed by atoms with Crippen LogP contribution in [0.3, 0.4) is 0 Å². The van der Waals surface area contributed by atoms with Crippen molar-refractivity contribution in [2.24, 2.45) is 5.73 Å². The Hall–Kier alpha value is -0.580. The average molecular weight is 352 g/mol. The third-order valence-corrected chi connectivity index (χ3v) is 5.69. The minimum atomic E-state index is 0.213. The van der Waals surface area contributed by atoms with Gasteiger partial charge in [0.1, 0.15) is 0 Å². The lowest BCUT2D eigenvalue weighted by Gasteiger charge is -2.28. The van der Waals surface area contributed by atoms with Crippen molar-refractivity contribution in [3.8, 4) is 0 Å². The summed E-state index contributed by atoms with van der Waals surface area (Å²) < 4.78 is 1.21. The number of rotatable bonds is 3. The summed E-state index contributed by atoms with van der Waals surface area (Å²) in [4.78, 5) is 5.15. The van der Waals surface area contributed by atoms with Gasteiger partial charge < -0.3 is 10.6 Å². The number of hydrogen-bond acceptors (Lipinski definition) is 3. The topological polar surface area (TPSA) is 32.5 Å². The van der Waals surface area contributed by atoms with E-state index in [-0.39, 0.29) is 6.04 Å². The number of anilines is 1. The first-order valence-electron chi connectivity index (χ1n) is 8.05. The van der Waals surface area contributed by atoms with Crippen LogP contribution in [0.1, 0.15) is 31.7 Å². The molecule has 21 heavy (non-hydrogen) atoms. The largest absolute Gasteiger partial charge is 0.369 e. The molecule has 2 fully saturated rings. The zero-order valence-electron chi connectivity index (χ0n) is 13.1. The average Bonchev–Trinajstić information content (AvgIpc) is 2.64. The maximum Gasteiger partial charge on any atom is 0.0511 e. The molecule has 3 atom stereocenters. The van der Waals surface area contributed by atoms with Crippen LogP contribution in [-0.2, 0) is 6.42 Å². The molecule has 2 heterocycles. The zero-order chi connectivity index (χ0) is 15.0. The summed E-state index contributed by atoms with van der Waals surface area (Å²) in [5.41, 5.74) is 8.55. The Morgan fingerprint density at radius 3 is 2.76 bits per heavy atom. The Morgan fingerprint density at radius 2 is 2.05 bits per heavy atom. The Bertz CT molecular complexity index is 503. The molecule has 4 heteroatoms. The van der Waals surface area contributed by atoms with E-state index in [4.69, 9.17) is 5.73 Å². The molecule has 1 aromatic rings. The van der Waals surface area contributed by atoms with Crippen molar-refractivity contribution in [3.63, 3.8) is 0 Å². The highest BCUT2D eigenvalue weighted by Crippen LogP contribution is 2.34. The SMILES string of the molecule is CC(N)Cc1ccc(N2CCC3CCC(C2)N3C)c(Br)c1. The summed E-state index contributed by atoms with van der Waals surface area (Å²) in [6.07, 6.45) is 4.94. The van der Waals surface area contributed by atoms with E-state index in [1.165, 1.54) is 35.0 Å². The Morgan fingerprint density at radius 1 is 1.29 bits per heavy atom. The number of nitrogens with zero attached hydrogens (tertiary/aromatic N) is 2. The van der Waals surface area contributed by atoms with Gasteiger partial charge in [0.05, 0.1) is 5.69 Å². The number of fused-ring (bicyclic) bond motifs is 2. The fraction of sp³-hybridized carbons (Fsp3) is 0.647. The van der Waals surface area contributed by atoms with E-state index in [9.17, 15) is 0 Å². The lowest BCUT2D eigenvalue weighted by atomic mass is 10.1. The highest BCUT2D eigenvalue weighted by atomic mass is 79.9. The molecule has 2 aliphatic heterocycles. The molecule has 0 radical (unpaired) electrons. The first-order valence-corrected chi connectivity index (χ1v) is 8.85. The van der Waals surface area contributed by atoms with Crippen LogP contribution in [0.2, 0.25) is 0 Å². The molecule has 116 valence electrons. The molecule has 3 rings (SSSR count). The van der Waals surface area contributed by atoms with Crippen molar-refractivity contribution < 1.29 is 0 Å². The second-order valence-electron chi connectivity index (χ2n) is 6.75. The van der Waals surface area contributed by atoms with E-state index < -0.39 is 0 Å². The van der Waals surface area contributed by atoms with Gasteiger partial charge in [-0.25, -0.2) is 0 Å². The minimum Gasteiger partial charge on any atom is -0.369 e. The van der Waals surface area contributed by atoms with Crippen LogP contribution < -0.4 is 10.6 Å². The van der Waals surface area contributed by atoms with E-state index in [1.54, 1.807) is 0 Å². The normalized spacial score (nSPS) is 27.7. The van der Waals surface area contributed by atoms with Crippen molar-refractivity contribution in [1.82, 2.24) is 4.90 Å². The molecule has 2 aliphatic rings. The number of hydrogen-bond donors (Lipinski definition) is 1. The molecular formula is C17H26BrN3. The smallest absolute Gasteiger partial charge is 0.0511 e. The van der Waals surface area contributed by atoms with Crippen LogP contribution in [0.4, 0.5) is 5.69 Å². The summed E-state index contributed by atoms with van der Waals surface area (Å²) in [5.74, 6) is 0. The highest BCUT2D eigenvalue weighted by Gasteiger charge is 2.34. The molecule has 2 bridgehead atoms. The van der Waals surface area contributed by atoms with Crippen LogP contribution in [0.15, 0.2) is 22.7 Å². The van der Waals surface area contributed by atoms with Gasteiger partial charge >= 0.3 is 0 Å². The van der Waals surface area contributed by atoms with Gasteiger partial charge in [0, 0.05) is 35.7 Å². The molecule has 0 saturated carbocycles. The van der Waals surface area contributed by atoms with Crippen molar-refractivity contribution >= 4 is 21.6 Å². The van der Waals surface area contributed by atoms with Gasteiger partial charge in [-0.2, -0.15) is 0 Å². The fourth-order valence-corrected chi connectivity index (χ4v) is 4.51. The first kappa shape index (κ1) is 15.3. The lowest BCUT2D eigenvalue weighted by molar-refractivity contribution is 0.254. The second-order valence-corrected chi connectivity index (χ2v) is 7.61. The lowest BCUT2D eigenvalue weighted by Crippen LogP contribution is -2.36. The summed E-state index contributed by atoms with van der Waals surface area (Å²) in [7, 11) is 2.30. The molecule has 0 spiro atoms. The van der Waals surface area contributed by atoms with Gasteiger partial charge in [-0.05, 0) is 73.3 Å². The maximum atomic E-state index is 5.90. The number of likely N-dealkylation sites (N-methyl/N-ethyl adjacent to an activating group) is 1. The molecule has 3 unspecified atom stereocenters.